The molecule has 0 aromatic heterocycles. The zero-order valence-corrected chi connectivity index (χ0v) is 17.4. The van der Waals surface area contributed by atoms with Gasteiger partial charge in [-0.3, -0.25) is 24.6 Å². The van der Waals surface area contributed by atoms with Crippen molar-refractivity contribution in [3.8, 4) is 0 Å². The molecule has 30 heavy (non-hydrogen) atoms. The average molecular weight is 415 g/mol. The van der Waals surface area contributed by atoms with Gasteiger partial charge in [-0.25, -0.2) is 0 Å². The van der Waals surface area contributed by atoms with Crippen LogP contribution in [-0.2, 0) is 14.4 Å². The van der Waals surface area contributed by atoms with E-state index in [0.717, 1.165) is 43.4 Å². The highest BCUT2D eigenvalue weighted by atomic mass is 16.4. The molecule has 1 aromatic rings. The average Bonchev–Trinajstić information content (AvgIpc) is 3.23. The first-order valence-corrected chi connectivity index (χ1v) is 10.6. The highest BCUT2D eigenvalue weighted by molar-refractivity contribution is 6.09. The summed E-state index contributed by atoms with van der Waals surface area (Å²) in [7, 11) is 3.84. The third kappa shape index (κ3) is 3.01. The number of hydrogen-bond acceptors (Lipinski definition) is 6. The smallest absolute Gasteiger partial charge is 0.327 e. The van der Waals surface area contributed by atoms with Crippen molar-refractivity contribution in [1.82, 2.24) is 10.2 Å². The van der Waals surface area contributed by atoms with Gasteiger partial charge >= 0.3 is 5.97 Å². The highest BCUT2D eigenvalue weighted by Crippen LogP contribution is 2.50. The molecule has 2 amide bonds. The largest absolute Gasteiger partial charge is 0.480 e. The molecular formula is C22H29N3O5. The lowest BCUT2D eigenvalue weighted by molar-refractivity contribution is -0.154. The molecule has 0 radical (unpaired) electrons. The Morgan fingerprint density at radius 1 is 1.13 bits per heavy atom. The van der Waals surface area contributed by atoms with Crippen LogP contribution >= 0.6 is 0 Å². The molecule has 2 aliphatic heterocycles. The van der Waals surface area contributed by atoms with Crippen LogP contribution in [0.25, 0.3) is 0 Å². The third-order valence-electron chi connectivity index (χ3n) is 7.03. The summed E-state index contributed by atoms with van der Waals surface area (Å²) in [5.41, 5.74) is -0.164. The SMILES string of the molecule is CN(C)c1ccc(C2NC(CO)(C(=O)O)C3C(=O)N(C4CCCCC4)C(=O)C23)cc1. The van der Waals surface area contributed by atoms with Crippen LogP contribution < -0.4 is 10.2 Å². The number of anilines is 1. The lowest BCUT2D eigenvalue weighted by Gasteiger charge is -2.33. The van der Waals surface area contributed by atoms with E-state index in [1.54, 1.807) is 0 Å². The quantitative estimate of drug-likeness (QED) is 0.619. The van der Waals surface area contributed by atoms with Crippen molar-refractivity contribution < 1.29 is 24.6 Å². The number of imide groups is 1. The summed E-state index contributed by atoms with van der Waals surface area (Å²) in [6, 6.07) is 6.66. The molecule has 3 aliphatic rings. The Labute approximate surface area is 175 Å². The summed E-state index contributed by atoms with van der Waals surface area (Å²) in [6.45, 7) is -0.757. The van der Waals surface area contributed by atoms with E-state index in [1.807, 2.05) is 43.3 Å². The Kier molecular flexibility index (Phi) is 5.32. The number of carboxylic acids is 1. The topological polar surface area (TPSA) is 110 Å². The van der Waals surface area contributed by atoms with Gasteiger partial charge in [-0.15, -0.1) is 0 Å². The van der Waals surface area contributed by atoms with Crippen molar-refractivity contribution in [2.75, 3.05) is 25.6 Å². The number of rotatable bonds is 5. The van der Waals surface area contributed by atoms with E-state index in [1.165, 1.54) is 4.90 Å². The molecule has 162 valence electrons. The molecule has 2 heterocycles. The van der Waals surface area contributed by atoms with Crippen LogP contribution in [0.2, 0.25) is 0 Å². The maximum absolute atomic E-state index is 13.5. The van der Waals surface area contributed by atoms with Gasteiger partial charge < -0.3 is 15.1 Å². The Morgan fingerprint density at radius 2 is 1.77 bits per heavy atom. The molecule has 8 heteroatoms. The number of aliphatic carboxylic acids is 1. The molecule has 1 saturated carbocycles. The van der Waals surface area contributed by atoms with E-state index < -0.39 is 41.9 Å². The normalized spacial score (nSPS) is 31.8. The molecular weight excluding hydrogens is 386 g/mol. The molecule has 4 atom stereocenters. The summed E-state index contributed by atoms with van der Waals surface area (Å²) in [5, 5.41) is 23.0. The number of aliphatic hydroxyl groups excluding tert-OH is 1. The number of carbonyl (C=O) groups excluding carboxylic acids is 2. The summed E-state index contributed by atoms with van der Waals surface area (Å²) < 4.78 is 0. The number of fused-ring (bicyclic) bond motifs is 1. The van der Waals surface area contributed by atoms with Gasteiger partial charge in [0.25, 0.3) is 0 Å². The van der Waals surface area contributed by atoms with Crippen molar-refractivity contribution in [1.29, 1.82) is 0 Å². The van der Waals surface area contributed by atoms with Crippen LogP contribution in [0, 0.1) is 11.8 Å². The predicted octanol–water partition coefficient (Wildman–Crippen LogP) is 1.15. The van der Waals surface area contributed by atoms with Gasteiger partial charge in [0.2, 0.25) is 11.8 Å². The number of carbonyl (C=O) groups is 3. The van der Waals surface area contributed by atoms with E-state index >= 15 is 0 Å². The summed E-state index contributed by atoms with van der Waals surface area (Å²) in [4.78, 5) is 42.4. The van der Waals surface area contributed by atoms with E-state index in [4.69, 9.17) is 0 Å². The fourth-order valence-electron chi connectivity index (χ4n) is 5.40. The van der Waals surface area contributed by atoms with Crippen molar-refractivity contribution in [2.24, 2.45) is 11.8 Å². The van der Waals surface area contributed by atoms with E-state index in [-0.39, 0.29) is 11.9 Å². The predicted molar refractivity (Wildman–Crippen MR) is 110 cm³/mol. The maximum Gasteiger partial charge on any atom is 0.327 e. The van der Waals surface area contributed by atoms with Gasteiger partial charge in [0.15, 0.2) is 5.54 Å². The molecule has 3 N–H and O–H groups in total. The second-order valence-corrected chi connectivity index (χ2v) is 8.88. The first-order valence-electron chi connectivity index (χ1n) is 10.6. The molecule has 4 unspecified atom stereocenters. The van der Waals surface area contributed by atoms with Crippen LogP contribution in [0.4, 0.5) is 5.69 Å². The zero-order valence-electron chi connectivity index (χ0n) is 17.4. The lowest BCUT2D eigenvalue weighted by Crippen LogP contribution is -2.59. The van der Waals surface area contributed by atoms with Gasteiger partial charge in [-0.2, -0.15) is 0 Å². The number of amides is 2. The van der Waals surface area contributed by atoms with Crippen LogP contribution in [0.15, 0.2) is 24.3 Å². The molecule has 3 fully saturated rings. The molecule has 8 nitrogen and oxygen atoms in total. The van der Waals surface area contributed by atoms with E-state index in [0.29, 0.717) is 0 Å². The number of carboxylic acid groups (broad SMARTS) is 1. The number of hydrogen-bond donors (Lipinski definition) is 3. The zero-order chi connectivity index (χ0) is 21.6. The van der Waals surface area contributed by atoms with Crippen molar-refractivity contribution in [3.05, 3.63) is 29.8 Å². The minimum absolute atomic E-state index is 0.175. The van der Waals surface area contributed by atoms with E-state index in [2.05, 4.69) is 5.32 Å². The maximum atomic E-state index is 13.5. The first-order chi connectivity index (χ1) is 14.3. The Balaban J connectivity index is 1.75. The fraction of sp³-hybridized carbons (Fsp3) is 0.591. The number of nitrogens with zero attached hydrogens (tertiary/aromatic N) is 2. The van der Waals surface area contributed by atoms with Gasteiger partial charge in [0.05, 0.1) is 18.4 Å². The fourth-order valence-corrected chi connectivity index (χ4v) is 5.40. The van der Waals surface area contributed by atoms with Crippen LogP contribution in [0.3, 0.4) is 0 Å². The third-order valence-corrected chi connectivity index (χ3v) is 7.03. The number of likely N-dealkylation sites (tertiary alicyclic amines) is 1. The van der Waals surface area contributed by atoms with Crippen molar-refractivity contribution >= 4 is 23.5 Å². The second-order valence-electron chi connectivity index (χ2n) is 8.88. The van der Waals surface area contributed by atoms with Crippen LogP contribution in [-0.4, -0.2) is 65.2 Å². The number of aliphatic hydroxyl groups is 1. The Morgan fingerprint density at radius 3 is 2.30 bits per heavy atom. The summed E-state index contributed by atoms with van der Waals surface area (Å²) in [6.07, 6.45) is 4.50. The minimum Gasteiger partial charge on any atom is -0.480 e. The van der Waals surface area contributed by atoms with Gasteiger partial charge in [0.1, 0.15) is 0 Å². The molecule has 0 bridgehead atoms. The molecule has 0 spiro atoms. The summed E-state index contributed by atoms with van der Waals surface area (Å²) in [5.74, 6) is -4.05. The van der Waals surface area contributed by atoms with Gasteiger partial charge in [-0.1, -0.05) is 31.4 Å². The van der Waals surface area contributed by atoms with Crippen LogP contribution in [0.1, 0.15) is 43.7 Å². The van der Waals surface area contributed by atoms with Gasteiger partial charge in [0, 0.05) is 31.9 Å². The molecule has 1 aromatic carbocycles. The van der Waals surface area contributed by atoms with E-state index in [9.17, 15) is 24.6 Å². The Bertz CT molecular complexity index is 849. The van der Waals surface area contributed by atoms with Crippen molar-refractivity contribution in [2.45, 2.75) is 49.7 Å². The van der Waals surface area contributed by atoms with Crippen LogP contribution in [0.5, 0.6) is 0 Å². The second kappa shape index (κ2) is 7.67. The number of benzene rings is 1. The minimum atomic E-state index is -1.87. The number of nitrogens with one attached hydrogen (secondary N) is 1. The summed E-state index contributed by atoms with van der Waals surface area (Å²) >= 11 is 0. The standard InChI is InChI=1S/C22H29N3O5/c1-24(2)14-10-8-13(9-11-14)18-16-17(22(12-26,23-18)21(29)30)20(28)25(19(16)27)15-6-4-3-5-7-15/h8-11,15-18,23,26H,3-7,12H2,1-2H3,(H,29,30). The first kappa shape index (κ1) is 20.8. The highest BCUT2D eigenvalue weighted by Gasteiger charge is 2.69. The monoisotopic (exact) mass is 415 g/mol. The molecule has 2 saturated heterocycles. The van der Waals surface area contributed by atoms with Gasteiger partial charge in [-0.05, 0) is 30.5 Å². The molecule has 4 rings (SSSR count). The van der Waals surface area contributed by atoms with Crippen molar-refractivity contribution in [3.63, 3.8) is 0 Å². The lowest BCUT2D eigenvalue weighted by atomic mass is 9.79. The Hall–Kier alpha value is -2.45. The molecule has 1 aliphatic carbocycles.